The van der Waals surface area contributed by atoms with Gasteiger partial charge in [0.15, 0.2) is 0 Å². The second-order valence-electron chi connectivity index (χ2n) is 18.7. The molecule has 8 aliphatic carbocycles. The van der Waals surface area contributed by atoms with E-state index >= 15 is 0 Å². The van der Waals surface area contributed by atoms with Gasteiger partial charge in [0.05, 0.1) is 13.2 Å². The zero-order valence-electron chi connectivity index (χ0n) is 30.8. The van der Waals surface area contributed by atoms with E-state index in [4.69, 9.17) is 18.9 Å². The van der Waals surface area contributed by atoms with E-state index in [0.29, 0.717) is 53.9 Å². The molecular formula is C43H58O7. The number of ether oxygens (including phenoxy) is 4. The maximum absolute atomic E-state index is 13.4. The number of rotatable bonds is 13. The minimum absolute atomic E-state index is 0.228. The molecule has 0 saturated heterocycles. The topological polar surface area (TPSA) is 88.1 Å². The van der Waals surface area contributed by atoms with Crippen LogP contribution in [0, 0.1) is 58.7 Å². The van der Waals surface area contributed by atoms with Gasteiger partial charge in [-0.25, -0.2) is 14.4 Å². The molecule has 8 bridgehead atoms. The molecule has 8 rings (SSSR count). The van der Waals surface area contributed by atoms with Gasteiger partial charge in [0.1, 0.15) is 16.8 Å². The van der Waals surface area contributed by atoms with Crippen LogP contribution in [0.3, 0.4) is 0 Å². The number of fused-ring (bicyclic) bond motifs is 13. The maximum Gasteiger partial charge on any atom is 0.334 e. The fraction of sp³-hybridized carbons (Fsp3) is 0.744. The SMILES string of the molecule is C=C(C)C(=O)OC1(CCC(=C)C(=O)OC2(C)CC3C=CC2C3)CC2CCC1(COC/C=C(/C)C(=O)OC1(C)CC3CC1C1C4CCC(C4)C31)C2. The average molecular weight is 687 g/mol. The summed E-state index contributed by atoms with van der Waals surface area (Å²) in [5.41, 5.74) is -0.669. The molecule has 0 aliphatic heterocycles. The van der Waals surface area contributed by atoms with Crippen LogP contribution in [0.1, 0.15) is 111 Å². The summed E-state index contributed by atoms with van der Waals surface area (Å²) in [5, 5.41) is 0. The molecule has 0 aromatic heterocycles. The second-order valence-corrected chi connectivity index (χ2v) is 18.7. The van der Waals surface area contributed by atoms with Crippen molar-refractivity contribution in [3.63, 3.8) is 0 Å². The molecule has 0 spiro atoms. The third-order valence-corrected chi connectivity index (χ3v) is 15.6. The van der Waals surface area contributed by atoms with Gasteiger partial charge in [-0.05, 0) is 159 Å². The molecule has 50 heavy (non-hydrogen) atoms. The summed E-state index contributed by atoms with van der Waals surface area (Å²) in [6, 6.07) is 0. The Morgan fingerprint density at radius 1 is 0.800 bits per heavy atom. The van der Waals surface area contributed by atoms with Crippen molar-refractivity contribution in [1.29, 1.82) is 0 Å². The number of carbonyl (C=O) groups excluding carboxylic acids is 3. The number of esters is 3. The molecule has 0 N–H and O–H groups in total. The fourth-order valence-electron chi connectivity index (χ4n) is 13.3. The maximum atomic E-state index is 13.4. The summed E-state index contributed by atoms with van der Waals surface area (Å²) in [5.74, 6) is 4.78. The van der Waals surface area contributed by atoms with Gasteiger partial charge in [-0.3, -0.25) is 0 Å². The molecular weight excluding hydrogens is 628 g/mol. The molecule has 13 atom stereocenters. The van der Waals surface area contributed by atoms with Crippen molar-refractivity contribution in [1.82, 2.24) is 0 Å². The lowest BCUT2D eigenvalue weighted by Crippen LogP contribution is -2.51. The van der Waals surface area contributed by atoms with Crippen LogP contribution in [0.5, 0.6) is 0 Å². The van der Waals surface area contributed by atoms with E-state index in [9.17, 15) is 14.4 Å². The van der Waals surface area contributed by atoms with Gasteiger partial charge in [-0.15, -0.1) is 0 Å². The Labute approximate surface area is 298 Å². The minimum atomic E-state index is -0.792. The predicted molar refractivity (Wildman–Crippen MR) is 189 cm³/mol. The molecule has 7 heteroatoms. The Kier molecular flexibility index (Phi) is 8.40. The van der Waals surface area contributed by atoms with Gasteiger partial charge in [0.25, 0.3) is 0 Å². The predicted octanol–water partition coefficient (Wildman–Crippen LogP) is 8.24. The number of carbonyl (C=O) groups is 3. The van der Waals surface area contributed by atoms with Crippen LogP contribution < -0.4 is 0 Å². The van der Waals surface area contributed by atoms with Crippen molar-refractivity contribution >= 4 is 17.9 Å². The monoisotopic (exact) mass is 686 g/mol. The molecule has 272 valence electrons. The van der Waals surface area contributed by atoms with Crippen molar-refractivity contribution in [2.24, 2.45) is 58.7 Å². The third kappa shape index (κ3) is 5.49. The first-order valence-electron chi connectivity index (χ1n) is 19.7. The highest BCUT2D eigenvalue weighted by molar-refractivity contribution is 5.89. The Balaban J connectivity index is 0.893. The molecule has 0 amide bonds. The van der Waals surface area contributed by atoms with Crippen molar-refractivity contribution in [3.05, 3.63) is 48.1 Å². The smallest absolute Gasteiger partial charge is 0.334 e. The molecule has 7 nitrogen and oxygen atoms in total. The van der Waals surface area contributed by atoms with Crippen LogP contribution in [-0.4, -0.2) is 47.9 Å². The highest BCUT2D eigenvalue weighted by Crippen LogP contribution is 2.70. The van der Waals surface area contributed by atoms with Crippen molar-refractivity contribution in [3.8, 4) is 0 Å². The van der Waals surface area contributed by atoms with E-state index in [-0.39, 0.29) is 35.5 Å². The molecule has 0 radical (unpaired) electrons. The Morgan fingerprint density at radius 2 is 1.56 bits per heavy atom. The van der Waals surface area contributed by atoms with Crippen molar-refractivity contribution < 1.29 is 33.3 Å². The fourth-order valence-corrected chi connectivity index (χ4v) is 13.3. The zero-order valence-corrected chi connectivity index (χ0v) is 30.8. The van der Waals surface area contributed by atoms with Gasteiger partial charge in [-0.1, -0.05) is 25.3 Å². The molecule has 7 fully saturated rings. The van der Waals surface area contributed by atoms with Gasteiger partial charge < -0.3 is 18.9 Å². The lowest BCUT2D eigenvalue weighted by molar-refractivity contribution is -0.179. The molecule has 0 aromatic rings. The summed E-state index contributed by atoms with van der Waals surface area (Å²) in [6.07, 6.45) is 19.0. The quantitative estimate of drug-likeness (QED) is 0.0482. The van der Waals surface area contributed by atoms with Crippen LogP contribution in [0.2, 0.25) is 0 Å². The molecule has 0 heterocycles. The van der Waals surface area contributed by atoms with Gasteiger partial charge in [0.2, 0.25) is 0 Å². The van der Waals surface area contributed by atoms with Crippen LogP contribution in [0.25, 0.3) is 0 Å². The highest BCUT2D eigenvalue weighted by Gasteiger charge is 2.67. The van der Waals surface area contributed by atoms with E-state index in [0.717, 1.165) is 74.5 Å². The zero-order chi connectivity index (χ0) is 35.2. The molecule has 7 saturated carbocycles. The second kappa shape index (κ2) is 12.2. The number of hydrogen-bond donors (Lipinski definition) is 0. The lowest BCUT2D eigenvalue weighted by atomic mass is 9.66. The summed E-state index contributed by atoms with van der Waals surface area (Å²) in [6.45, 7) is 16.4. The Bertz CT molecular complexity index is 1540. The Hall–Kier alpha value is -2.67. The van der Waals surface area contributed by atoms with Crippen LogP contribution in [0.4, 0.5) is 0 Å². The third-order valence-electron chi connectivity index (χ3n) is 15.6. The average Bonchev–Trinajstić information content (AvgIpc) is 3.92. The lowest BCUT2D eigenvalue weighted by Gasteiger charge is -2.46. The summed E-state index contributed by atoms with van der Waals surface area (Å²) in [4.78, 5) is 39.8. The van der Waals surface area contributed by atoms with Crippen molar-refractivity contribution in [2.75, 3.05) is 13.2 Å². The van der Waals surface area contributed by atoms with Crippen molar-refractivity contribution in [2.45, 2.75) is 128 Å². The van der Waals surface area contributed by atoms with E-state index in [1.807, 2.05) is 19.9 Å². The summed E-state index contributed by atoms with van der Waals surface area (Å²) < 4.78 is 25.2. The van der Waals surface area contributed by atoms with Gasteiger partial charge >= 0.3 is 17.9 Å². The standard InChI is InChI=1S/C43H58O7/c1-25(2)37(44)50-43(15-11-26(3)38(45)48-40(5)20-28-7-10-33(40)17-28)22-29-12-14-42(43,21-29)24-47-16-13-27(4)39(46)49-41(6)23-32-19-34(41)36-31-9-8-30(18-31)35(32)36/h7,10,13,28-36H,1,3,8-9,11-12,14-24H2,2,4-6H3/b27-13-. The van der Waals surface area contributed by atoms with E-state index in [1.54, 1.807) is 6.92 Å². The number of allylic oxidation sites excluding steroid dienone is 1. The molecule has 13 unspecified atom stereocenters. The van der Waals surface area contributed by atoms with E-state index in [1.165, 1.54) is 25.7 Å². The van der Waals surface area contributed by atoms with Crippen LogP contribution >= 0.6 is 0 Å². The number of hydrogen-bond acceptors (Lipinski definition) is 7. The first kappa shape index (κ1) is 34.4. The first-order valence-corrected chi connectivity index (χ1v) is 19.7. The normalized spacial score (nSPS) is 45.7. The van der Waals surface area contributed by atoms with Crippen LogP contribution in [0.15, 0.2) is 48.1 Å². The minimum Gasteiger partial charge on any atom is -0.456 e. The largest absolute Gasteiger partial charge is 0.456 e. The Morgan fingerprint density at radius 3 is 2.26 bits per heavy atom. The molecule has 0 aromatic carbocycles. The van der Waals surface area contributed by atoms with Gasteiger partial charge in [0, 0.05) is 34.0 Å². The summed E-state index contributed by atoms with van der Waals surface area (Å²) >= 11 is 0. The van der Waals surface area contributed by atoms with Gasteiger partial charge in [-0.2, -0.15) is 0 Å². The molecule has 8 aliphatic rings. The highest BCUT2D eigenvalue weighted by atomic mass is 16.6. The van der Waals surface area contributed by atoms with Crippen LogP contribution in [-0.2, 0) is 33.3 Å². The summed E-state index contributed by atoms with van der Waals surface area (Å²) in [7, 11) is 0. The van der Waals surface area contributed by atoms with E-state index in [2.05, 4.69) is 32.2 Å². The first-order chi connectivity index (χ1) is 23.7. The van der Waals surface area contributed by atoms with E-state index < -0.39 is 17.2 Å².